The standard InChI is InChI=1S/C19H23N5O/c1-2-23-9-7-20-18(23)19-21-8-10-24(19)17-6-4-3-5-16(17)15-22-11-13-25-14-12-22/h3-10H,2,11-15H2,1H3. The fourth-order valence-corrected chi connectivity index (χ4v) is 3.31. The molecule has 0 atom stereocenters. The third-order valence-corrected chi connectivity index (χ3v) is 4.65. The van der Waals surface area contributed by atoms with Crippen molar-refractivity contribution >= 4 is 0 Å². The molecule has 0 N–H and O–H groups in total. The Balaban J connectivity index is 1.70. The molecule has 3 heterocycles. The van der Waals surface area contributed by atoms with Crippen molar-refractivity contribution in [1.29, 1.82) is 0 Å². The number of morpholine rings is 1. The van der Waals surface area contributed by atoms with Crippen LogP contribution in [0.5, 0.6) is 0 Å². The van der Waals surface area contributed by atoms with Gasteiger partial charge >= 0.3 is 0 Å². The van der Waals surface area contributed by atoms with E-state index in [4.69, 9.17) is 4.74 Å². The minimum atomic E-state index is 0.812. The molecule has 0 unspecified atom stereocenters. The van der Waals surface area contributed by atoms with Crippen LogP contribution < -0.4 is 0 Å². The molecular formula is C19H23N5O. The maximum atomic E-state index is 5.47. The zero-order valence-corrected chi connectivity index (χ0v) is 14.5. The molecule has 6 nitrogen and oxygen atoms in total. The highest BCUT2D eigenvalue weighted by Crippen LogP contribution is 2.24. The third-order valence-electron chi connectivity index (χ3n) is 4.65. The van der Waals surface area contributed by atoms with Gasteiger partial charge in [-0.15, -0.1) is 0 Å². The molecule has 130 valence electrons. The summed E-state index contributed by atoms with van der Waals surface area (Å²) >= 11 is 0. The number of nitrogens with zero attached hydrogens (tertiary/aromatic N) is 5. The van der Waals surface area contributed by atoms with E-state index in [1.807, 2.05) is 24.8 Å². The lowest BCUT2D eigenvalue weighted by Crippen LogP contribution is -2.35. The summed E-state index contributed by atoms with van der Waals surface area (Å²) in [6.07, 6.45) is 7.68. The van der Waals surface area contributed by atoms with Gasteiger partial charge in [-0.05, 0) is 18.6 Å². The first-order valence-corrected chi connectivity index (χ1v) is 8.80. The minimum Gasteiger partial charge on any atom is -0.379 e. The van der Waals surface area contributed by atoms with Crippen molar-refractivity contribution in [1.82, 2.24) is 24.0 Å². The fraction of sp³-hybridized carbons (Fsp3) is 0.368. The number of benzene rings is 1. The van der Waals surface area contributed by atoms with Crippen LogP contribution in [0.4, 0.5) is 0 Å². The van der Waals surface area contributed by atoms with Crippen molar-refractivity contribution in [3.8, 4) is 17.3 Å². The normalized spacial score (nSPS) is 15.6. The van der Waals surface area contributed by atoms with E-state index in [1.165, 1.54) is 5.56 Å². The summed E-state index contributed by atoms with van der Waals surface area (Å²) in [5, 5.41) is 0. The summed E-state index contributed by atoms with van der Waals surface area (Å²) < 4.78 is 9.72. The summed E-state index contributed by atoms with van der Waals surface area (Å²) in [4.78, 5) is 11.5. The van der Waals surface area contributed by atoms with Crippen molar-refractivity contribution in [2.75, 3.05) is 26.3 Å². The van der Waals surface area contributed by atoms with Crippen LogP contribution in [0, 0.1) is 0 Å². The van der Waals surface area contributed by atoms with Crippen LogP contribution in [0.3, 0.4) is 0 Å². The van der Waals surface area contributed by atoms with Crippen molar-refractivity contribution in [2.45, 2.75) is 20.0 Å². The zero-order chi connectivity index (χ0) is 17.1. The van der Waals surface area contributed by atoms with Gasteiger partial charge in [0, 0.05) is 51.0 Å². The molecule has 4 rings (SSSR count). The average Bonchev–Trinajstić information content (AvgIpc) is 3.31. The quantitative estimate of drug-likeness (QED) is 0.718. The Morgan fingerprint density at radius 1 is 1.00 bits per heavy atom. The van der Waals surface area contributed by atoms with E-state index in [1.54, 1.807) is 0 Å². The predicted octanol–water partition coefficient (Wildman–Crippen LogP) is 2.59. The predicted molar refractivity (Wildman–Crippen MR) is 96.6 cm³/mol. The first-order chi connectivity index (χ1) is 12.4. The lowest BCUT2D eigenvalue weighted by atomic mass is 10.1. The van der Waals surface area contributed by atoms with E-state index in [2.05, 4.69) is 55.2 Å². The van der Waals surface area contributed by atoms with Crippen molar-refractivity contribution in [3.05, 3.63) is 54.6 Å². The third kappa shape index (κ3) is 3.23. The molecule has 0 spiro atoms. The van der Waals surface area contributed by atoms with E-state index >= 15 is 0 Å². The molecule has 1 fully saturated rings. The first-order valence-electron chi connectivity index (χ1n) is 8.80. The summed E-state index contributed by atoms with van der Waals surface area (Å²) in [7, 11) is 0. The van der Waals surface area contributed by atoms with Gasteiger partial charge in [-0.3, -0.25) is 9.47 Å². The molecule has 0 saturated carbocycles. The second kappa shape index (κ2) is 7.21. The summed E-state index contributed by atoms with van der Waals surface area (Å²) in [5.74, 6) is 1.77. The van der Waals surface area contributed by atoms with Crippen LogP contribution >= 0.6 is 0 Å². The number of hydrogen-bond acceptors (Lipinski definition) is 4. The number of aryl methyl sites for hydroxylation is 1. The topological polar surface area (TPSA) is 48.1 Å². The lowest BCUT2D eigenvalue weighted by Gasteiger charge is -2.27. The molecule has 1 aliphatic rings. The van der Waals surface area contributed by atoms with Gasteiger partial charge < -0.3 is 9.30 Å². The van der Waals surface area contributed by atoms with Gasteiger partial charge in [0.05, 0.1) is 18.9 Å². The monoisotopic (exact) mass is 337 g/mol. The Morgan fingerprint density at radius 2 is 1.76 bits per heavy atom. The largest absolute Gasteiger partial charge is 0.379 e. The first kappa shape index (κ1) is 16.1. The molecule has 25 heavy (non-hydrogen) atoms. The smallest absolute Gasteiger partial charge is 0.181 e. The molecule has 0 amide bonds. The van der Waals surface area contributed by atoms with Crippen molar-refractivity contribution in [3.63, 3.8) is 0 Å². The number of para-hydroxylation sites is 1. The molecule has 2 aromatic heterocycles. The van der Waals surface area contributed by atoms with Crippen LogP contribution in [0.2, 0.25) is 0 Å². The summed E-state index contributed by atoms with van der Waals surface area (Å²) in [6, 6.07) is 8.53. The summed E-state index contributed by atoms with van der Waals surface area (Å²) in [6.45, 7) is 7.48. The average molecular weight is 337 g/mol. The zero-order valence-electron chi connectivity index (χ0n) is 14.5. The van der Waals surface area contributed by atoms with Gasteiger partial charge in [-0.2, -0.15) is 0 Å². The Labute approximate surface area is 147 Å². The number of aromatic nitrogens is 4. The van der Waals surface area contributed by atoms with Crippen LogP contribution in [0.1, 0.15) is 12.5 Å². The lowest BCUT2D eigenvalue weighted by molar-refractivity contribution is 0.0342. The van der Waals surface area contributed by atoms with Crippen molar-refractivity contribution < 1.29 is 4.74 Å². The van der Waals surface area contributed by atoms with Gasteiger partial charge in [0.1, 0.15) is 0 Å². The molecule has 1 saturated heterocycles. The highest BCUT2D eigenvalue weighted by Gasteiger charge is 2.17. The van der Waals surface area contributed by atoms with Crippen LogP contribution in [0.25, 0.3) is 17.3 Å². The molecule has 1 aliphatic heterocycles. The Hall–Kier alpha value is -2.44. The van der Waals surface area contributed by atoms with E-state index < -0.39 is 0 Å². The SMILES string of the molecule is CCn1ccnc1-c1nccn1-c1ccccc1CN1CCOCC1. The Kier molecular flexibility index (Phi) is 4.63. The highest BCUT2D eigenvalue weighted by molar-refractivity contribution is 5.53. The molecule has 1 aromatic carbocycles. The van der Waals surface area contributed by atoms with Crippen LogP contribution in [0.15, 0.2) is 49.1 Å². The molecule has 0 aliphatic carbocycles. The maximum Gasteiger partial charge on any atom is 0.181 e. The van der Waals surface area contributed by atoms with Gasteiger partial charge in [0.15, 0.2) is 11.6 Å². The van der Waals surface area contributed by atoms with Gasteiger partial charge in [-0.1, -0.05) is 18.2 Å². The van der Waals surface area contributed by atoms with Crippen molar-refractivity contribution in [2.24, 2.45) is 0 Å². The Bertz CT molecular complexity index is 832. The molecular weight excluding hydrogens is 314 g/mol. The minimum absolute atomic E-state index is 0.812. The van der Waals surface area contributed by atoms with Gasteiger partial charge in [0.2, 0.25) is 0 Å². The molecule has 3 aromatic rings. The van der Waals surface area contributed by atoms with Gasteiger partial charge in [0.25, 0.3) is 0 Å². The van der Waals surface area contributed by atoms with Crippen LogP contribution in [-0.2, 0) is 17.8 Å². The second-order valence-corrected chi connectivity index (χ2v) is 6.17. The molecule has 0 radical (unpaired) electrons. The van der Waals surface area contributed by atoms with E-state index in [0.717, 1.165) is 56.7 Å². The van der Waals surface area contributed by atoms with Gasteiger partial charge in [-0.25, -0.2) is 9.97 Å². The summed E-state index contributed by atoms with van der Waals surface area (Å²) in [5.41, 5.74) is 2.45. The number of rotatable bonds is 5. The fourth-order valence-electron chi connectivity index (χ4n) is 3.31. The Morgan fingerprint density at radius 3 is 2.60 bits per heavy atom. The second-order valence-electron chi connectivity index (χ2n) is 6.17. The highest BCUT2D eigenvalue weighted by atomic mass is 16.5. The van der Waals surface area contributed by atoms with Crippen LogP contribution in [-0.4, -0.2) is 50.3 Å². The molecule has 6 heteroatoms. The van der Waals surface area contributed by atoms with E-state index in [-0.39, 0.29) is 0 Å². The van der Waals surface area contributed by atoms with E-state index in [0.29, 0.717) is 0 Å². The molecule has 0 bridgehead atoms. The number of imidazole rings is 2. The number of ether oxygens (including phenoxy) is 1. The van der Waals surface area contributed by atoms with E-state index in [9.17, 15) is 0 Å². The number of hydrogen-bond donors (Lipinski definition) is 0. The maximum absolute atomic E-state index is 5.47.